The highest BCUT2D eigenvalue weighted by Gasteiger charge is 2.10. The lowest BCUT2D eigenvalue weighted by Crippen LogP contribution is -3.02. The Kier molecular flexibility index (Phi) is 3.78. The zero-order chi connectivity index (χ0) is 12.1. The summed E-state index contributed by atoms with van der Waals surface area (Å²) in [4.78, 5) is 1.36. The molecule has 2 aromatic rings. The molecule has 0 saturated heterocycles. The number of methoxy groups -OCH3 is 1. The number of rotatable bonds is 4. The van der Waals surface area contributed by atoms with Crippen molar-refractivity contribution in [1.82, 2.24) is 0 Å². The summed E-state index contributed by atoms with van der Waals surface area (Å²) in [5.41, 5.74) is 2.52. The SMILES string of the molecule is COc1ccccc1C[NH+](C)c1ccccc1. The lowest BCUT2D eigenvalue weighted by molar-refractivity contribution is -0.825. The molecule has 1 atom stereocenters. The number of nitrogens with one attached hydrogen (secondary N) is 1. The highest BCUT2D eigenvalue weighted by molar-refractivity contribution is 5.33. The summed E-state index contributed by atoms with van der Waals surface area (Å²) in [6.45, 7) is 0.925. The predicted octanol–water partition coefficient (Wildman–Crippen LogP) is 2.04. The first-order valence-electron chi connectivity index (χ1n) is 5.81. The van der Waals surface area contributed by atoms with Crippen LogP contribution in [-0.4, -0.2) is 14.2 Å². The Morgan fingerprint density at radius 3 is 2.29 bits per heavy atom. The number of ether oxygens (including phenoxy) is 1. The standard InChI is InChI=1S/C15H17NO/c1-16(14-9-4-3-5-10-14)12-13-8-6-7-11-15(13)17-2/h3-11H,12H2,1-2H3/p+1. The van der Waals surface area contributed by atoms with E-state index in [0.717, 1.165) is 12.3 Å². The van der Waals surface area contributed by atoms with Crippen LogP contribution >= 0.6 is 0 Å². The Morgan fingerprint density at radius 1 is 0.941 bits per heavy atom. The average Bonchev–Trinajstić information content (AvgIpc) is 2.40. The van der Waals surface area contributed by atoms with Crippen LogP contribution in [0.5, 0.6) is 5.75 Å². The second-order valence-corrected chi connectivity index (χ2v) is 4.13. The van der Waals surface area contributed by atoms with Gasteiger partial charge in [0.05, 0.1) is 14.2 Å². The molecule has 0 fully saturated rings. The van der Waals surface area contributed by atoms with Crippen LogP contribution < -0.4 is 9.64 Å². The fourth-order valence-corrected chi connectivity index (χ4v) is 1.96. The van der Waals surface area contributed by atoms with E-state index in [1.54, 1.807) is 7.11 Å². The van der Waals surface area contributed by atoms with Gasteiger partial charge in [0.1, 0.15) is 18.0 Å². The van der Waals surface area contributed by atoms with Gasteiger partial charge in [0.25, 0.3) is 0 Å². The smallest absolute Gasteiger partial charge is 0.131 e. The quantitative estimate of drug-likeness (QED) is 0.845. The summed E-state index contributed by atoms with van der Waals surface area (Å²) in [6, 6.07) is 18.6. The molecule has 1 N–H and O–H groups in total. The minimum atomic E-state index is 0.925. The van der Waals surface area contributed by atoms with E-state index in [4.69, 9.17) is 4.74 Å². The highest BCUT2D eigenvalue weighted by Crippen LogP contribution is 2.16. The summed E-state index contributed by atoms with van der Waals surface area (Å²) in [6.07, 6.45) is 0. The maximum absolute atomic E-state index is 5.37. The lowest BCUT2D eigenvalue weighted by atomic mass is 10.2. The van der Waals surface area contributed by atoms with Gasteiger partial charge in [0.2, 0.25) is 0 Å². The molecule has 0 aromatic heterocycles. The van der Waals surface area contributed by atoms with Crippen molar-refractivity contribution in [2.75, 3.05) is 14.2 Å². The molecule has 2 nitrogen and oxygen atoms in total. The van der Waals surface area contributed by atoms with Gasteiger partial charge in [-0.05, 0) is 24.3 Å². The number of hydrogen-bond donors (Lipinski definition) is 1. The third-order valence-corrected chi connectivity index (χ3v) is 2.91. The van der Waals surface area contributed by atoms with E-state index in [2.05, 4.69) is 43.4 Å². The molecule has 0 amide bonds. The normalized spacial score (nSPS) is 12.1. The molecular formula is C15H18NO+. The summed E-state index contributed by atoms with van der Waals surface area (Å²) in [5, 5.41) is 0. The Bertz CT molecular complexity index is 467. The molecule has 0 spiro atoms. The van der Waals surface area contributed by atoms with E-state index in [1.165, 1.54) is 16.2 Å². The molecule has 0 bridgehead atoms. The molecule has 0 radical (unpaired) electrons. The van der Waals surface area contributed by atoms with Crippen molar-refractivity contribution >= 4 is 5.69 Å². The molecule has 0 aliphatic carbocycles. The molecule has 17 heavy (non-hydrogen) atoms. The van der Waals surface area contributed by atoms with Gasteiger partial charge in [-0.25, -0.2) is 0 Å². The Hall–Kier alpha value is -1.80. The van der Waals surface area contributed by atoms with Crippen LogP contribution in [0, 0.1) is 0 Å². The van der Waals surface area contributed by atoms with Crippen molar-refractivity contribution in [3.63, 3.8) is 0 Å². The van der Waals surface area contributed by atoms with Crippen LogP contribution in [0.3, 0.4) is 0 Å². The van der Waals surface area contributed by atoms with E-state index in [-0.39, 0.29) is 0 Å². The Morgan fingerprint density at radius 2 is 1.59 bits per heavy atom. The van der Waals surface area contributed by atoms with Crippen molar-refractivity contribution in [3.05, 3.63) is 60.2 Å². The molecule has 0 aliphatic heterocycles. The van der Waals surface area contributed by atoms with Gasteiger partial charge in [-0.15, -0.1) is 0 Å². The molecule has 0 saturated carbocycles. The Balaban J connectivity index is 2.16. The first kappa shape index (κ1) is 11.7. The van der Waals surface area contributed by atoms with Crippen LogP contribution in [-0.2, 0) is 6.54 Å². The third-order valence-electron chi connectivity index (χ3n) is 2.91. The Labute approximate surface area is 102 Å². The molecule has 2 heteroatoms. The first-order chi connectivity index (χ1) is 8.31. The van der Waals surface area contributed by atoms with Crippen LogP contribution in [0.4, 0.5) is 5.69 Å². The maximum atomic E-state index is 5.37. The van der Waals surface area contributed by atoms with Crippen molar-refractivity contribution < 1.29 is 9.64 Å². The zero-order valence-electron chi connectivity index (χ0n) is 10.3. The number of quaternary nitrogens is 1. The predicted molar refractivity (Wildman–Crippen MR) is 69.7 cm³/mol. The van der Waals surface area contributed by atoms with Crippen molar-refractivity contribution in [2.45, 2.75) is 6.54 Å². The number of benzene rings is 2. The van der Waals surface area contributed by atoms with Gasteiger partial charge in [0, 0.05) is 5.56 Å². The van der Waals surface area contributed by atoms with Gasteiger partial charge in [-0.1, -0.05) is 30.3 Å². The van der Waals surface area contributed by atoms with E-state index in [1.807, 2.05) is 18.2 Å². The largest absolute Gasteiger partial charge is 0.496 e. The van der Waals surface area contributed by atoms with Crippen molar-refractivity contribution in [3.8, 4) is 5.75 Å². The van der Waals surface area contributed by atoms with E-state index in [0.29, 0.717) is 0 Å². The van der Waals surface area contributed by atoms with Gasteiger partial charge < -0.3 is 9.64 Å². The first-order valence-corrected chi connectivity index (χ1v) is 5.81. The second kappa shape index (κ2) is 5.51. The van der Waals surface area contributed by atoms with Gasteiger partial charge >= 0.3 is 0 Å². The maximum Gasteiger partial charge on any atom is 0.131 e. The van der Waals surface area contributed by atoms with E-state index >= 15 is 0 Å². The summed E-state index contributed by atoms with van der Waals surface area (Å²) < 4.78 is 5.37. The van der Waals surface area contributed by atoms with Crippen LogP contribution in [0.2, 0.25) is 0 Å². The molecule has 2 aromatic carbocycles. The minimum absolute atomic E-state index is 0.925. The second-order valence-electron chi connectivity index (χ2n) is 4.13. The number of hydrogen-bond acceptors (Lipinski definition) is 1. The molecule has 0 aliphatic rings. The summed E-state index contributed by atoms with van der Waals surface area (Å²) in [5.74, 6) is 0.961. The van der Waals surface area contributed by atoms with Crippen LogP contribution in [0.1, 0.15) is 5.56 Å². The third kappa shape index (κ3) is 2.86. The molecule has 2 rings (SSSR count). The monoisotopic (exact) mass is 228 g/mol. The molecule has 1 unspecified atom stereocenters. The number of para-hydroxylation sites is 2. The molecular weight excluding hydrogens is 210 g/mol. The van der Waals surface area contributed by atoms with Gasteiger partial charge in [-0.2, -0.15) is 0 Å². The van der Waals surface area contributed by atoms with Gasteiger partial charge in [-0.3, -0.25) is 0 Å². The van der Waals surface area contributed by atoms with Gasteiger partial charge in [0.15, 0.2) is 0 Å². The topological polar surface area (TPSA) is 13.7 Å². The fraction of sp³-hybridized carbons (Fsp3) is 0.200. The lowest BCUT2D eigenvalue weighted by Gasteiger charge is -2.15. The molecule has 0 heterocycles. The minimum Gasteiger partial charge on any atom is -0.496 e. The van der Waals surface area contributed by atoms with Crippen molar-refractivity contribution in [1.29, 1.82) is 0 Å². The van der Waals surface area contributed by atoms with E-state index in [9.17, 15) is 0 Å². The van der Waals surface area contributed by atoms with E-state index < -0.39 is 0 Å². The summed E-state index contributed by atoms with van der Waals surface area (Å²) in [7, 11) is 3.89. The van der Waals surface area contributed by atoms with Crippen molar-refractivity contribution in [2.24, 2.45) is 0 Å². The molecule has 88 valence electrons. The summed E-state index contributed by atoms with van der Waals surface area (Å²) >= 11 is 0. The van der Waals surface area contributed by atoms with Crippen LogP contribution in [0.15, 0.2) is 54.6 Å². The zero-order valence-corrected chi connectivity index (χ0v) is 10.3. The average molecular weight is 228 g/mol. The highest BCUT2D eigenvalue weighted by atomic mass is 16.5. The van der Waals surface area contributed by atoms with Crippen LogP contribution in [0.25, 0.3) is 0 Å². The fourth-order valence-electron chi connectivity index (χ4n) is 1.96.